The van der Waals surface area contributed by atoms with Gasteiger partial charge in [0.15, 0.2) is 17.5 Å². The minimum atomic E-state index is 0.613. The summed E-state index contributed by atoms with van der Waals surface area (Å²) < 4.78 is 11.5. The molecule has 0 bridgehead atoms. The fourth-order valence-electron chi connectivity index (χ4n) is 8.47. The second kappa shape index (κ2) is 13.9. The molecule has 0 atom stereocenters. The Hall–Kier alpha value is -7.94. The van der Waals surface area contributed by atoms with Crippen LogP contribution < -0.4 is 0 Å². The number of pyridine rings is 1. The van der Waals surface area contributed by atoms with E-state index in [9.17, 15) is 0 Å². The minimum Gasteiger partial charge on any atom is -0.309 e. The number of fused-ring (bicyclic) bond motifs is 8. The number of hydrogen-bond donors (Lipinski definition) is 0. The number of hydrogen-bond acceptors (Lipinski definition) is 7. The number of aromatic nitrogens is 7. The first kappa shape index (κ1) is 34.1. The minimum absolute atomic E-state index is 0.613. The molecular formula is C52H31N7S. The second-order valence-corrected chi connectivity index (χ2v) is 15.4. The summed E-state index contributed by atoms with van der Waals surface area (Å²) >= 11 is 1.24. The van der Waals surface area contributed by atoms with Crippen LogP contribution in [0.2, 0.25) is 0 Å². The van der Waals surface area contributed by atoms with Gasteiger partial charge in [-0.1, -0.05) is 146 Å². The fourth-order valence-corrected chi connectivity index (χ4v) is 9.01. The largest absolute Gasteiger partial charge is 0.309 e. The molecule has 0 saturated heterocycles. The Morgan fingerprint density at radius 2 is 0.900 bits per heavy atom. The molecule has 0 aliphatic carbocycles. The van der Waals surface area contributed by atoms with E-state index in [1.54, 1.807) is 0 Å². The van der Waals surface area contributed by atoms with Crippen molar-refractivity contribution in [2.75, 3.05) is 0 Å². The summed E-state index contributed by atoms with van der Waals surface area (Å²) in [5.41, 5.74) is 13.0. The lowest BCUT2D eigenvalue weighted by Crippen LogP contribution is -2.01. The van der Waals surface area contributed by atoms with Crippen LogP contribution in [0.25, 0.3) is 117 Å². The van der Waals surface area contributed by atoms with Crippen molar-refractivity contribution < 1.29 is 0 Å². The first-order chi connectivity index (χ1) is 29.7. The normalized spacial score (nSPS) is 11.7. The molecule has 0 radical (unpaired) electrons. The average Bonchev–Trinajstić information content (AvgIpc) is 3.95. The molecular weight excluding hydrogens is 755 g/mol. The van der Waals surface area contributed by atoms with Crippen LogP contribution in [0.4, 0.5) is 0 Å². The van der Waals surface area contributed by atoms with Gasteiger partial charge >= 0.3 is 0 Å². The third-order valence-corrected chi connectivity index (χ3v) is 11.9. The van der Waals surface area contributed by atoms with Gasteiger partial charge < -0.3 is 4.57 Å². The summed E-state index contributed by atoms with van der Waals surface area (Å²) in [5.74, 6) is 1.85. The topological polar surface area (TPSA) is 82.3 Å². The van der Waals surface area contributed by atoms with E-state index in [0.717, 1.165) is 88.5 Å². The third kappa shape index (κ3) is 5.65. The molecule has 0 unspecified atom stereocenters. The zero-order valence-corrected chi connectivity index (χ0v) is 32.8. The zero-order chi connectivity index (χ0) is 39.6. The van der Waals surface area contributed by atoms with Gasteiger partial charge in [-0.25, -0.2) is 19.9 Å². The van der Waals surface area contributed by atoms with Crippen molar-refractivity contribution in [3.8, 4) is 62.2 Å². The Morgan fingerprint density at radius 1 is 0.350 bits per heavy atom. The molecule has 0 amide bonds. The van der Waals surface area contributed by atoms with E-state index < -0.39 is 0 Å². The molecule has 8 aromatic carbocycles. The molecule has 60 heavy (non-hydrogen) atoms. The van der Waals surface area contributed by atoms with Gasteiger partial charge in [-0.15, -0.1) is 0 Å². The van der Waals surface area contributed by atoms with Gasteiger partial charge in [-0.2, -0.15) is 8.75 Å². The predicted octanol–water partition coefficient (Wildman–Crippen LogP) is 13.0. The highest BCUT2D eigenvalue weighted by atomic mass is 32.1. The van der Waals surface area contributed by atoms with Crippen molar-refractivity contribution in [2.45, 2.75) is 0 Å². The quantitative estimate of drug-likeness (QED) is 0.156. The lowest BCUT2D eigenvalue weighted by atomic mass is 9.97. The van der Waals surface area contributed by atoms with Crippen LogP contribution in [0.1, 0.15) is 0 Å². The highest BCUT2D eigenvalue weighted by molar-refractivity contribution is 7.00. The second-order valence-electron chi connectivity index (χ2n) is 14.8. The van der Waals surface area contributed by atoms with Crippen molar-refractivity contribution in [2.24, 2.45) is 0 Å². The van der Waals surface area contributed by atoms with Crippen LogP contribution in [0.3, 0.4) is 0 Å². The summed E-state index contributed by atoms with van der Waals surface area (Å²) in [6.07, 6.45) is 0. The molecule has 0 spiro atoms. The van der Waals surface area contributed by atoms with Crippen molar-refractivity contribution in [3.05, 3.63) is 188 Å². The van der Waals surface area contributed by atoms with Crippen LogP contribution in [-0.4, -0.2) is 33.3 Å². The van der Waals surface area contributed by atoms with Gasteiger partial charge in [0.05, 0.1) is 34.0 Å². The maximum Gasteiger partial charge on any atom is 0.164 e. The van der Waals surface area contributed by atoms with Crippen LogP contribution in [0, 0.1) is 0 Å². The van der Waals surface area contributed by atoms with E-state index in [1.807, 2.05) is 42.5 Å². The average molecular weight is 786 g/mol. The lowest BCUT2D eigenvalue weighted by molar-refractivity contribution is 1.07. The van der Waals surface area contributed by atoms with Crippen molar-refractivity contribution in [1.82, 2.24) is 33.3 Å². The summed E-state index contributed by atoms with van der Waals surface area (Å²) in [5, 5.41) is 5.68. The molecule has 0 aliphatic rings. The predicted molar refractivity (Wildman–Crippen MR) is 245 cm³/mol. The van der Waals surface area contributed by atoms with Gasteiger partial charge in [0.25, 0.3) is 0 Å². The zero-order valence-electron chi connectivity index (χ0n) is 31.9. The number of nitrogens with zero attached hydrogens (tertiary/aromatic N) is 7. The summed E-state index contributed by atoms with van der Waals surface area (Å²) in [4.78, 5) is 20.3. The van der Waals surface area contributed by atoms with E-state index in [1.165, 1.54) is 22.5 Å². The Balaban J connectivity index is 0.912. The number of para-hydroxylation sites is 3. The maximum absolute atomic E-state index is 5.15. The Bertz CT molecular complexity index is 3540. The molecule has 0 saturated carbocycles. The van der Waals surface area contributed by atoms with Gasteiger partial charge in [0, 0.05) is 54.9 Å². The van der Waals surface area contributed by atoms with Gasteiger partial charge in [0.1, 0.15) is 11.0 Å². The van der Waals surface area contributed by atoms with Gasteiger partial charge in [-0.05, 0) is 53.6 Å². The van der Waals surface area contributed by atoms with Crippen LogP contribution in [0.5, 0.6) is 0 Å². The standard InChI is InChI=1S/C52H31N7S/c1-2-11-35(12-3-1)50-54-51(56-52(55-50)37-13-10-14-38(31-37)59-45-19-8-5-15-39(45)40-16-6-9-20-46(40)59)36-27-23-33(24-28-36)32-21-25-34(26-22-32)48-42-29-30-44-49(58-60-57-44)47(42)41-17-4-7-18-43(41)53-48/h1-31H. The summed E-state index contributed by atoms with van der Waals surface area (Å²) in [6, 6.07) is 65.2. The first-order valence-electron chi connectivity index (χ1n) is 19.8. The van der Waals surface area contributed by atoms with Gasteiger partial charge in [0.2, 0.25) is 0 Å². The Kier molecular flexibility index (Phi) is 7.89. The van der Waals surface area contributed by atoms with Crippen LogP contribution in [0.15, 0.2) is 188 Å². The molecule has 280 valence electrons. The molecule has 7 nitrogen and oxygen atoms in total. The molecule has 0 N–H and O–H groups in total. The highest BCUT2D eigenvalue weighted by Gasteiger charge is 2.18. The number of rotatable bonds is 6. The van der Waals surface area contributed by atoms with E-state index in [0.29, 0.717) is 17.5 Å². The molecule has 0 fully saturated rings. The van der Waals surface area contributed by atoms with E-state index >= 15 is 0 Å². The summed E-state index contributed by atoms with van der Waals surface area (Å²) in [7, 11) is 0. The maximum atomic E-state index is 5.15. The third-order valence-electron chi connectivity index (χ3n) is 11.3. The molecule has 8 heteroatoms. The van der Waals surface area contributed by atoms with E-state index in [2.05, 4.69) is 159 Å². The van der Waals surface area contributed by atoms with Crippen LogP contribution >= 0.6 is 11.7 Å². The first-order valence-corrected chi connectivity index (χ1v) is 20.5. The summed E-state index contributed by atoms with van der Waals surface area (Å²) in [6.45, 7) is 0. The van der Waals surface area contributed by atoms with E-state index in [4.69, 9.17) is 19.9 Å². The molecule has 12 rings (SSSR count). The highest BCUT2D eigenvalue weighted by Crippen LogP contribution is 2.38. The molecule has 0 aliphatic heterocycles. The van der Waals surface area contributed by atoms with Gasteiger partial charge in [-0.3, -0.25) is 0 Å². The molecule has 4 aromatic heterocycles. The Labute approximate surface area is 348 Å². The fraction of sp³-hybridized carbons (Fsp3) is 0. The smallest absolute Gasteiger partial charge is 0.164 e. The Morgan fingerprint density at radius 3 is 1.60 bits per heavy atom. The lowest BCUT2D eigenvalue weighted by Gasteiger charge is -2.12. The van der Waals surface area contributed by atoms with Crippen LogP contribution in [-0.2, 0) is 0 Å². The molecule has 12 aromatic rings. The van der Waals surface area contributed by atoms with E-state index in [-0.39, 0.29) is 0 Å². The number of benzene rings is 8. The van der Waals surface area contributed by atoms with Crippen molar-refractivity contribution >= 4 is 66.2 Å². The SMILES string of the molecule is c1ccc(-c2nc(-c3ccc(-c4ccc(-c5nc6ccccc6c6c5ccc5nsnc56)cc4)cc3)nc(-c3cccc(-n4c5ccccc5c5ccccc54)c3)n2)cc1. The molecule has 4 heterocycles. The monoisotopic (exact) mass is 785 g/mol. The van der Waals surface area contributed by atoms with Crippen molar-refractivity contribution in [1.29, 1.82) is 0 Å². The van der Waals surface area contributed by atoms with Crippen molar-refractivity contribution in [3.63, 3.8) is 0 Å².